The molecule has 5 heteroatoms. The number of hydrogen-bond donors (Lipinski definition) is 1. The molecule has 114 valence electrons. The zero-order valence-corrected chi connectivity index (χ0v) is 14.2. The monoisotopic (exact) mass is 353 g/mol. The molecule has 0 saturated heterocycles. The molecule has 1 atom stereocenters. The van der Waals surface area contributed by atoms with Gasteiger partial charge in [0.25, 0.3) is 0 Å². The smallest absolute Gasteiger partial charge is 0.137 e. The summed E-state index contributed by atoms with van der Waals surface area (Å²) >= 11 is 3.22. The van der Waals surface area contributed by atoms with Gasteiger partial charge in [0.05, 0.1) is 10.2 Å². The van der Waals surface area contributed by atoms with E-state index in [0.29, 0.717) is 4.47 Å². The van der Waals surface area contributed by atoms with E-state index in [0.717, 1.165) is 30.8 Å². The summed E-state index contributed by atoms with van der Waals surface area (Å²) < 4.78 is 15.8. The first-order valence-corrected chi connectivity index (χ1v) is 7.96. The minimum atomic E-state index is -0.226. The van der Waals surface area contributed by atoms with Crippen molar-refractivity contribution < 1.29 is 4.39 Å². The molecule has 1 unspecified atom stereocenters. The number of halogens is 2. The Balaban J connectivity index is 1.80. The highest BCUT2D eigenvalue weighted by Crippen LogP contribution is 2.21. The number of aryl methyl sites for hydroxylation is 3. The van der Waals surface area contributed by atoms with E-state index in [-0.39, 0.29) is 11.9 Å². The maximum atomic E-state index is 13.2. The van der Waals surface area contributed by atoms with Crippen LogP contribution < -0.4 is 5.32 Å². The Bertz CT molecular complexity index is 610. The van der Waals surface area contributed by atoms with Crippen LogP contribution in [0.1, 0.15) is 36.3 Å². The Labute approximate surface area is 133 Å². The summed E-state index contributed by atoms with van der Waals surface area (Å²) in [6.45, 7) is 7.98. The zero-order chi connectivity index (χ0) is 15.4. The zero-order valence-electron chi connectivity index (χ0n) is 12.7. The minimum absolute atomic E-state index is 0.197. The second-order valence-electron chi connectivity index (χ2n) is 5.35. The largest absolute Gasteiger partial charge is 0.310 e. The van der Waals surface area contributed by atoms with Crippen molar-refractivity contribution in [1.82, 2.24) is 15.1 Å². The number of aromatic nitrogens is 2. The highest BCUT2D eigenvalue weighted by molar-refractivity contribution is 9.10. The van der Waals surface area contributed by atoms with Gasteiger partial charge >= 0.3 is 0 Å². The van der Waals surface area contributed by atoms with Crippen LogP contribution in [0.3, 0.4) is 0 Å². The van der Waals surface area contributed by atoms with E-state index in [4.69, 9.17) is 0 Å². The molecule has 1 N–H and O–H groups in total. The van der Waals surface area contributed by atoms with Gasteiger partial charge in [-0.1, -0.05) is 6.07 Å². The van der Waals surface area contributed by atoms with E-state index in [9.17, 15) is 4.39 Å². The number of benzene rings is 1. The first-order chi connectivity index (χ1) is 9.97. The highest BCUT2D eigenvalue weighted by Gasteiger charge is 2.07. The summed E-state index contributed by atoms with van der Waals surface area (Å²) in [4.78, 5) is 0. The van der Waals surface area contributed by atoms with E-state index in [2.05, 4.69) is 46.3 Å². The van der Waals surface area contributed by atoms with E-state index in [1.807, 2.05) is 23.7 Å². The minimum Gasteiger partial charge on any atom is -0.310 e. The fraction of sp³-hybridized carbons (Fsp3) is 0.438. The second-order valence-corrected chi connectivity index (χ2v) is 6.21. The number of nitrogens with zero attached hydrogens (tertiary/aromatic N) is 2. The molecule has 1 aromatic heterocycles. The Morgan fingerprint density at radius 2 is 2.10 bits per heavy atom. The summed E-state index contributed by atoms with van der Waals surface area (Å²) in [5.41, 5.74) is 3.34. The van der Waals surface area contributed by atoms with Crippen molar-refractivity contribution in [2.45, 2.75) is 39.8 Å². The summed E-state index contributed by atoms with van der Waals surface area (Å²) in [6.07, 6.45) is 1.01. The molecule has 2 aromatic rings. The van der Waals surface area contributed by atoms with E-state index in [1.54, 1.807) is 0 Å². The predicted octanol–water partition coefficient (Wildman–Crippen LogP) is 4.14. The molecule has 0 fully saturated rings. The van der Waals surface area contributed by atoms with Gasteiger partial charge < -0.3 is 5.32 Å². The van der Waals surface area contributed by atoms with Gasteiger partial charge in [-0.2, -0.15) is 5.10 Å². The van der Waals surface area contributed by atoms with Gasteiger partial charge in [0.2, 0.25) is 0 Å². The fourth-order valence-electron chi connectivity index (χ4n) is 2.35. The lowest BCUT2D eigenvalue weighted by atomic mass is 10.1. The van der Waals surface area contributed by atoms with Crippen molar-refractivity contribution in [3.8, 4) is 0 Å². The number of rotatable bonds is 6. The molecule has 0 spiro atoms. The van der Waals surface area contributed by atoms with Crippen molar-refractivity contribution in [2.75, 3.05) is 6.54 Å². The van der Waals surface area contributed by atoms with Gasteiger partial charge in [-0.25, -0.2) is 4.39 Å². The quantitative estimate of drug-likeness (QED) is 0.790. The van der Waals surface area contributed by atoms with Crippen LogP contribution in [-0.4, -0.2) is 16.3 Å². The third-order valence-corrected chi connectivity index (χ3v) is 4.15. The first kappa shape index (κ1) is 16.2. The third kappa shape index (κ3) is 4.38. The molecule has 3 nitrogen and oxygen atoms in total. The molecule has 0 aliphatic rings. The molecular formula is C16H21BrFN3. The summed E-state index contributed by atoms with van der Waals surface area (Å²) in [5, 5.41) is 7.91. The average Bonchev–Trinajstić information content (AvgIpc) is 2.76. The Morgan fingerprint density at radius 3 is 2.71 bits per heavy atom. The lowest BCUT2D eigenvalue weighted by molar-refractivity contribution is 0.499. The highest BCUT2D eigenvalue weighted by atomic mass is 79.9. The van der Waals surface area contributed by atoms with Crippen LogP contribution in [0, 0.1) is 19.7 Å². The van der Waals surface area contributed by atoms with Crippen molar-refractivity contribution in [2.24, 2.45) is 0 Å². The third-order valence-electron chi connectivity index (χ3n) is 3.54. The van der Waals surface area contributed by atoms with Crippen LogP contribution in [0.2, 0.25) is 0 Å². The maximum Gasteiger partial charge on any atom is 0.137 e. The van der Waals surface area contributed by atoms with Crippen LogP contribution >= 0.6 is 15.9 Å². The molecule has 0 radical (unpaired) electrons. The molecule has 21 heavy (non-hydrogen) atoms. The van der Waals surface area contributed by atoms with Gasteiger partial charge in [0, 0.05) is 18.3 Å². The SMILES string of the molecule is Cc1cc(C)n(CCCNC(C)c2ccc(F)c(Br)c2)n1. The van der Waals surface area contributed by atoms with Crippen molar-refractivity contribution >= 4 is 15.9 Å². The summed E-state index contributed by atoms with van der Waals surface area (Å²) in [5.74, 6) is -0.226. The van der Waals surface area contributed by atoms with Gasteiger partial charge in [0.1, 0.15) is 5.82 Å². The number of hydrogen-bond acceptors (Lipinski definition) is 2. The Kier molecular flexibility index (Phi) is 5.53. The van der Waals surface area contributed by atoms with Crippen LogP contribution in [0.25, 0.3) is 0 Å². The van der Waals surface area contributed by atoms with E-state index >= 15 is 0 Å². The molecule has 0 saturated carbocycles. The molecule has 1 aromatic carbocycles. The van der Waals surface area contributed by atoms with Crippen LogP contribution in [-0.2, 0) is 6.54 Å². The van der Waals surface area contributed by atoms with Crippen molar-refractivity contribution in [3.63, 3.8) is 0 Å². The topological polar surface area (TPSA) is 29.9 Å². The fourth-order valence-corrected chi connectivity index (χ4v) is 2.74. The van der Waals surface area contributed by atoms with Gasteiger partial charge in [-0.15, -0.1) is 0 Å². The van der Waals surface area contributed by atoms with Crippen LogP contribution in [0.15, 0.2) is 28.7 Å². The molecule has 0 aliphatic carbocycles. The second kappa shape index (κ2) is 7.18. The molecule has 2 rings (SSSR count). The maximum absolute atomic E-state index is 13.2. The Hall–Kier alpha value is -1.20. The van der Waals surface area contributed by atoms with Crippen LogP contribution in [0.5, 0.6) is 0 Å². The summed E-state index contributed by atoms with van der Waals surface area (Å²) in [6, 6.07) is 7.43. The van der Waals surface area contributed by atoms with Crippen LogP contribution in [0.4, 0.5) is 4.39 Å². The Morgan fingerprint density at radius 1 is 1.33 bits per heavy atom. The van der Waals surface area contributed by atoms with Gasteiger partial charge in [-0.05, 0) is 73.4 Å². The average molecular weight is 354 g/mol. The van der Waals surface area contributed by atoms with Gasteiger partial charge in [0.15, 0.2) is 0 Å². The molecule has 0 amide bonds. The predicted molar refractivity (Wildman–Crippen MR) is 86.8 cm³/mol. The standard InChI is InChI=1S/C16H21BrFN3/c1-11-9-12(2)21(20-11)8-4-7-19-13(3)14-5-6-16(18)15(17)10-14/h5-6,9-10,13,19H,4,7-8H2,1-3H3. The van der Waals surface area contributed by atoms with Gasteiger partial charge in [-0.3, -0.25) is 4.68 Å². The lowest BCUT2D eigenvalue weighted by Gasteiger charge is -2.15. The first-order valence-electron chi connectivity index (χ1n) is 7.17. The lowest BCUT2D eigenvalue weighted by Crippen LogP contribution is -2.21. The molecule has 0 bridgehead atoms. The molecule has 1 heterocycles. The van der Waals surface area contributed by atoms with E-state index in [1.165, 1.54) is 11.8 Å². The van der Waals surface area contributed by atoms with Crippen molar-refractivity contribution in [3.05, 3.63) is 51.5 Å². The normalized spacial score (nSPS) is 12.6. The molecular weight excluding hydrogens is 333 g/mol. The number of nitrogens with one attached hydrogen (secondary N) is 1. The molecule has 0 aliphatic heterocycles. The van der Waals surface area contributed by atoms with Crippen molar-refractivity contribution in [1.29, 1.82) is 0 Å². The van der Waals surface area contributed by atoms with E-state index < -0.39 is 0 Å². The summed E-state index contributed by atoms with van der Waals surface area (Å²) in [7, 11) is 0.